The molecule has 0 N–H and O–H groups in total. The molecule has 0 atom stereocenters. The Labute approximate surface area is 128 Å². The highest BCUT2D eigenvalue weighted by Gasteiger charge is 2.20. The van der Waals surface area contributed by atoms with Crippen molar-refractivity contribution in [2.75, 3.05) is 0 Å². The number of aromatic nitrogens is 3. The summed E-state index contributed by atoms with van der Waals surface area (Å²) >= 11 is 1.76. The molecule has 1 aromatic carbocycles. The van der Waals surface area contributed by atoms with E-state index >= 15 is 0 Å². The number of hydrogen-bond donors (Lipinski definition) is 0. The Bertz CT molecular complexity index is 717. The van der Waals surface area contributed by atoms with Gasteiger partial charge in [0, 0.05) is 11.5 Å². The third-order valence-electron chi connectivity index (χ3n) is 4.36. The standard InChI is InChI=1S/C17H19N3S/c1-12-7-9-13(10-8-12)15-11-20-17(18-15)21-16(19-20)14-5-3-2-4-6-14/h7-11,14H,2-6H2,1H3. The first-order valence-electron chi connectivity index (χ1n) is 7.73. The van der Waals surface area contributed by atoms with E-state index in [1.165, 1.54) is 42.7 Å². The Balaban J connectivity index is 1.65. The summed E-state index contributed by atoms with van der Waals surface area (Å²) in [7, 11) is 0. The monoisotopic (exact) mass is 297 g/mol. The SMILES string of the molecule is Cc1ccc(-c2cn3nc(C4CCCCC4)sc3n2)cc1. The second kappa shape index (κ2) is 5.26. The summed E-state index contributed by atoms with van der Waals surface area (Å²) in [6.45, 7) is 2.10. The van der Waals surface area contributed by atoms with Gasteiger partial charge in [0.05, 0.1) is 11.9 Å². The van der Waals surface area contributed by atoms with Gasteiger partial charge in [-0.15, -0.1) is 0 Å². The summed E-state index contributed by atoms with van der Waals surface area (Å²) in [5, 5.41) is 6.04. The van der Waals surface area contributed by atoms with Crippen LogP contribution in [0.15, 0.2) is 30.5 Å². The Kier molecular flexibility index (Phi) is 3.26. The molecule has 0 amide bonds. The van der Waals surface area contributed by atoms with Gasteiger partial charge in [-0.1, -0.05) is 60.4 Å². The average Bonchev–Trinajstić information content (AvgIpc) is 3.07. The molecule has 0 aliphatic heterocycles. The van der Waals surface area contributed by atoms with E-state index in [0.717, 1.165) is 16.2 Å². The van der Waals surface area contributed by atoms with E-state index in [9.17, 15) is 0 Å². The number of imidazole rings is 1. The first-order chi connectivity index (χ1) is 10.3. The Morgan fingerprint density at radius 2 is 1.86 bits per heavy atom. The van der Waals surface area contributed by atoms with Crippen LogP contribution in [0.2, 0.25) is 0 Å². The average molecular weight is 297 g/mol. The zero-order valence-electron chi connectivity index (χ0n) is 12.2. The molecule has 1 aliphatic carbocycles. The minimum Gasteiger partial charge on any atom is -0.217 e. The lowest BCUT2D eigenvalue weighted by molar-refractivity contribution is 0.439. The van der Waals surface area contributed by atoms with E-state index in [2.05, 4.69) is 37.4 Å². The van der Waals surface area contributed by atoms with Gasteiger partial charge in [0.25, 0.3) is 0 Å². The summed E-state index contributed by atoms with van der Waals surface area (Å²) in [4.78, 5) is 5.77. The maximum absolute atomic E-state index is 4.77. The molecular formula is C17H19N3S. The lowest BCUT2D eigenvalue weighted by Crippen LogP contribution is -2.04. The molecule has 1 fully saturated rings. The van der Waals surface area contributed by atoms with E-state index in [4.69, 9.17) is 10.1 Å². The molecule has 108 valence electrons. The van der Waals surface area contributed by atoms with Crippen molar-refractivity contribution in [2.24, 2.45) is 0 Å². The van der Waals surface area contributed by atoms with Crippen molar-refractivity contribution in [3.63, 3.8) is 0 Å². The highest BCUT2D eigenvalue weighted by molar-refractivity contribution is 7.16. The molecule has 21 heavy (non-hydrogen) atoms. The van der Waals surface area contributed by atoms with Crippen LogP contribution in [0.5, 0.6) is 0 Å². The molecule has 0 saturated heterocycles. The maximum atomic E-state index is 4.77. The number of rotatable bonds is 2. The number of hydrogen-bond acceptors (Lipinski definition) is 3. The van der Waals surface area contributed by atoms with Crippen molar-refractivity contribution in [2.45, 2.75) is 44.9 Å². The topological polar surface area (TPSA) is 30.2 Å². The van der Waals surface area contributed by atoms with Gasteiger partial charge in [0.1, 0.15) is 5.01 Å². The fourth-order valence-corrected chi connectivity index (χ4v) is 4.14. The lowest BCUT2D eigenvalue weighted by Gasteiger charge is -2.18. The fourth-order valence-electron chi connectivity index (χ4n) is 3.09. The molecule has 1 aliphatic rings. The highest BCUT2D eigenvalue weighted by atomic mass is 32.1. The van der Waals surface area contributed by atoms with Crippen molar-refractivity contribution < 1.29 is 0 Å². The molecular weight excluding hydrogens is 278 g/mol. The fraction of sp³-hybridized carbons (Fsp3) is 0.412. The lowest BCUT2D eigenvalue weighted by atomic mass is 9.90. The van der Waals surface area contributed by atoms with Crippen LogP contribution in [0.1, 0.15) is 48.6 Å². The van der Waals surface area contributed by atoms with Crippen molar-refractivity contribution in [1.82, 2.24) is 14.6 Å². The van der Waals surface area contributed by atoms with Crippen LogP contribution >= 0.6 is 11.3 Å². The normalized spacial score (nSPS) is 16.6. The van der Waals surface area contributed by atoms with Gasteiger partial charge >= 0.3 is 0 Å². The first-order valence-corrected chi connectivity index (χ1v) is 8.54. The summed E-state index contributed by atoms with van der Waals surface area (Å²) in [5.41, 5.74) is 3.46. The molecule has 4 rings (SSSR count). The van der Waals surface area contributed by atoms with Crippen LogP contribution in [0.25, 0.3) is 16.2 Å². The molecule has 4 heteroatoms. The molecule has 0 unspecified atom stereocenters. The van der Waals surface area contributed by atoms with Crippen LogP contribution < -0.4 is 0 Å². The number of benzene rings is 1. The summed E-state index contributed by atoms with van der Waals surface area (Å²) in [6.07, 6.45) is 8.73. The van der Waals surface area contributed by atoms with Gasteiger partial charge in [-0.25, -0.2) is 9.50 Å². The van der Waals surface area contributed by atoms with Gasteiger partial charge in [-0.05, 0) is 19.8 Å². The van der Waals surface area contributed by atoms with Crippen molar-refractivity contribution in [1.29, 1.82) is 0 Å². The Morgan fingerprint density at radius 3 is 2.57 bits per heavy atom. The van der Waals surface area contributed by atoms with Gasteiger partial charge in [0.15, 0.2) is 0 Å². The molecule has 2 aromatic heterocycles. The number of aryl methyl sites for hydroxylation is 1. The molecule has 3 nitrogen and oxygen atoms in total. The molecule has 0 radical (unpaired) electrons. The Morgan fingerprint density at radius 1 is 1.10 bits per heavy atom. The summed E-state index contributed by atoms with van der Waals surface area (Å²) in [6, 6.07) is 8.51. The van der Waals surface area contributed by atoms with Gasteiger partial charge in [-0.2, -0.15) is 5.10 Å². The summed E-state index contributed by atoms with van der Waals surface area (Å²) in [5.74, 6) is 0.660. The molecule has 0 bridgehead atoms. The first kappa shape index (κ1) is 13.0. The van der Waals surface area contributed by atoms with Crippen molar-refractivity contribution >= 4 is 16.3 Å². The minimum absolute atomic E-state index is 0.660. The van der Waals surface area contributed by atoms with Gasteiger partial charge in [-0.3, -0.25) is 0 Å². The van der Waals surface area contributed by atoms with Crippen LogP contribution in [-0.4, -0.2) is 14.6 Å². The molecule has 3 aromatic rings. The van der Waals surface area contributed by atoms with Crippen LogP contribution in [-0.2, 0) is 0 Å². The number of fused-ring (bicyclic) bond motifs is 1. The number of nitrogens with zero attached hydrogens (tertiary/aromatic N) is 3. The van der Waals surface area contributed by atoms with E-state index in [1.807, 2.05) is 4.52 Å². The molecule has 2 heterocycles. The predicted octanol–water partition coefficient (Wildman–Crippen LogP) is 4.81. The minimum atomic E-state index is 0.660. The smallest absolute Gasteiger partial charge is 0.212 e. The molecule has 0 spiro atoms. The quantitative estimate of drug-likeness (QED) is 0.679. The van der Waals surface area contributed by atoms with Crippen LogP contribution in [0.3, 0.4) is 0 Å². The largest absolute Gasteiger partial charge is 0.217 e. The van der Waals surface area contributed by atoms with E-state index in [1.54, 1.807) is 11.3 Å². The van der Waals surface area contributed by atoms with Gasteiger partial charge in [0.2, 0.25) is 4.96 Å². The van der Waals surface area contributed by atoms with Crippen molar-refractivity contribution in [3.8, 4) is 11.3 Å². The molecule has 1 saturated carbocycles. The van der Waals surface area contributed by atoms with Crippen LogP contribution in [0.4, 0.5) is 0 Å². The third-order valence-corrected chi connectivity index (χ3v) is 5.45. The van der Waals surface area contributed by atoms with Gasteiger partial charge < -0.3 is 0 Å². The predicted molar refractivity (Wildman–Crippen MR) is 86.9 cm³/mol. The van der Waals surface area contributed by atoms with E-state index < -0.39 is 0 Å². The second-order valence-electron chi connectivity index (χ2n) is 5.99. The van der Waals surface area contributed by atoms with Crippen molar-refractivity contribution in [3.05, 3.63) is 41.0 Å². The van der Waals surface area contributed by atoms with E-state index in [-0.39, 0.29) is 0 Å². The Hall–Kier alpha value is -1.68. The zero-order chi connectivity index (χ0) is 14.2. The highest BCUT2D eigenvalue weighted by Crippen LogP contribution is 2.35. The summed E-state index contributed by atoms with van der Waals surface area (Å²) < 4.78 is 1.96. The van der Waals surface area contributed by atoms with Crippen LogP contribution in [0, 0.1) is 6.92 Å². The zero-order valence-corrected chi connectivity index (χ0v) is 13.1. The van der Waals surface area contributed by atoms with E-state index in [0.29, 0.717) is 5.92 Å². The maximum Gasteiger partial charge on any atom is 0.212 e. The second-order valence-corrected chi connectivity index (χ2v) is 6.98. The third kappa shape index (κ3) is 2.48.